The topological polar surface area (TPSA) is 99.9 Å². The van der Waals surface area contributed by atoms with Crippen LogP contribution in [-0.2, 0) is 0 Å². The Hall–Kier alpha value is -2.44. The fourth-order valence-corrected chi connectivity index (χ4v) is 2.06. The molecule has 0 aliphatic heterocycles. The SMILES string of the molecule is Cc1c(-n2nnc(N)c2C(C)C)cccc1[N+](=O)[O-]. The van der Waals surface area contributed by atoms with Crippen molar-refractivity contribution < 1.29 is 4.92 Å². The second-order valence-corrected chi connectivity index (χ2v) is 4.60. The van der Waals surface area contributed by atoms with Crippen molar-refractivity contribution in [3.63, 3.8) is 0 Å². The van der Waals surface area contributed by atoms with Gasteiger partial charge in [-0.1, -0.05) is 25.1 Å². The number of nitrogen functional groups attached to an aromatic ring is 1. The van der Waals surface area contributed by atoms with Crippen molar-refractivity contribution in [2.24, 2.45) is 0 Å². The summed E-state index contributed by atoms with van der Waals surface area (Å²) in [7, 11) is 0. The number of rotatable bonds is 3. The summed E-state index contributed by atoms with van der Waals surface area (Å²) < 4.78 is 1.57. The minimum atomic E-state index is -0.409. The zero-order chi connectivity index (χ0) is 14.2. The molecule has 7 heteroatoms. The molecule has 2 aromatic rings. The second kappa shape index (κ2) is 4.68. The third kappa shape index (κ3) is 2.14. The Kier molecular flexibility index (Phi) is 3.20. The van der Waals surface area contributed by atoms with E-state index in [1.165, 1.54) is 6.07 Å². The van der Waals surface area contributed by atoms with E-state index in [0.29, 0.717) is 17.1 Å². The minimum absolute atomic E-state index is 0.0567. The average Bonchev–Trinajstić information content (AvgIpc) is 2.71. The first-order valence-electron chi connectivity index (χ1n) is 5.89. The van der Waals surface area contributed by atoms with Gasteiger partial charge in [0.2, 0.25) is 0 Å². The van der Waals surface area contributed by atoms with Gasteiger partial charge in [-0.3, -0.25) is 10.1 Å². The lowest BCUT2D eigenvalue weighted by molar-refractivity contribution is -0.385. The second-order valence-electron chi connectivity index (χ2n) is 4.60. The summed E-state index contributed by atoms with van der Waals surface area (Å²) in [6.07, 6.45) is 0. The fourth-order valence-electron chi connectivity index (χ4n) is 2.06. The van der Waals surface area contributed by atoms with Crippen LogP contribution >= 0.6 is 0 Å². The van der Waals surface area contributed by atoms with Crippen LogP contribution < -0.4 is 5.73 Å². The lowest BCUT2D eigenvalue weighted by Gasteiger charge is -2.11. The first-order chi connectivity index (χ1) is 8.93. The molecule has 2 N–H and O–H groups in total. The maximum Gasteiger partial charge on any atom is 0.274 e. The smallest absolute Gasteiger partial charge is 0.274 e. The average molecular weight is 261 g/mol. The van der Waals surface area contributed by atoms with E-state index in [9.17, 15) is 10.1 Å². The highest BCUT2D eigenvalue weighted by Crippen LogP contribution is 2.28. The molecular weight excluding hydrogens is 246 g/mol. The van der Waals surface area contributed by atoms with Gasteiger partial charge in [0, 0.05) is 6.07 Å². The molecule has 0 saturated carbocycles. The normalized spacial score (nSPS) is 10.9. The van der Waals surface area contributed by atoms with Gasteiger partial charge < -0.3 is 5.73 Å². The highest BCUT2D eigenvalue weighted by Gasteiger charge is 2.20. The Balaban J connectivity index is 2.67. The molecular formula is C12H15N5O2. The molecule has 0 radical (unpaired) electrons. The molecule has 0 spiro atoms. The van der Waals surface area contributed by atoms with E-state index in [1.54, 1.807) is 23.7 Å². The van der Waals surface area contributed by atoms with Crippen molar-refractivity contribution in [3.8, 4) is 5.69 Å². The Morgan fingerprint density at radius 1 is 1.42 bits per heavy atom. The van der Waals surface area contributed by atoms with E-state index < -0.39 is 4.92 Å². The number of anilines is 1. The van der Waals surface area contributed by atoms with Crippen LogP contribution in [0.15, 0.2) is 18.2 Å². The first kappa shape index (κ1) is 13.0. The van der Waals surface area contributed by atoms with Crippen LogP contribution in [-0.4, -0.2) is 19.9 Å². The molecule has 0 bridgehead atoms. The number of benzene rings is 1. The highest BCUT2D eigenvalue weighted by molar-refractivity contribution is 5.54. The van der Waals surface area contributed by atoms with E-state index in [-0.39, 0.29) is 11.6 Å². The number of nitro groups is 1. The van der Waals surface area contributed by atoms with Gasteiger partial charge in [0.25, 0.3) is 5.69 Å². The van der Waals surface area contributed by atoms with Crippen molar-refractivity contribution in [1.29, 1.82) is 0 Å². The Morgan fingerprint density at radius 2 is 2.11 bits per heavy atom. The van der Waals surface area contributed by atoms with E-state index in [4.69, 9.17) is 5.73 Å². The number of aromatic nitrogens is 3. The van der Waals surface area contributed by atoms with Crippen LogP contribution in [0, 0.1) is 17.0 Å². The van der Waals surface area contributed by atoms with Crippen LogP contribution in [0.25, 0.3) is 5.69 Å². The van der Waals surface area contributed by atoms with Gasteiger partial charge in [0.15, 0.2) is 5.82 Å². The summed E-state index contributed by atoms with van der Waals surface area (Å²) in [5.41, 5.74) is 7.78. The van der Waals surface area contributed by atoms with Gasteiger partial charge in [-0.05, 0) is 18.9 Å². The molecule has 7 nitrogen and oxygen atoms in total. The first-order valence-corrected chi connectivity index (χ1v) is 5.89. The molecule has 0 unspecified atom stereocenters. The van der Waals surface area contributed by atoms with Crippen molar-refractivity contribution in [1.82, 2.24) is 15.0 Å². The molecule has 0 fully saturated rings. The predicted octanol–water partition coefficient (Wildman–Crippen LogP) is 2.19. The van der Waals surface area contributed by atoms with Gasteiger partial charge in [0.1, 0.15) is 0 Å². The Labute approximate surface area is 110 Å². The van der Waals surface area contributed by atoms with Crippen LogP contribution in [0.4, 0.5) is 11.5 Å². The quantitative estimate of drug-likeness (QED) is 0.674. The van der Waals surface area contributed by atoms with Crippen LogP contribution in [0.3, 0.4) is 0 Å². The third-order valence-corrected chi connectivity index (χ3v) is 2.98. The molecule has 1 aromatic heterocycles. The number of hydrogen-bond acceptors (Lipinski definition) is 5. The van der Waals surface area contributed by atoms with Crippen LogP contribution in [0.2, 0.25) is 0 Å². The van der Waals surface area contributed by atoms with Crippen molar-refractivity contribution in [3.05, 3.63) is 39.6 Å². The standard InChI is InChI=1S/C12H15N5O2/c1-7(2)11-12(13)14-15-16(11)9-5-4-6-10(8(9)3)17(18)19/h4-7H,13H2,1-3H3. The summed E-state index contributed by atoms with van der Waals surface area (Å²) in [6, 6.07) is 4.86. The third-order valence-electron chi connectivity index (χ3n) is 2.98. The zero-order valence-corrected chi connectivity index (χ0v) is 11.0. The molecule has 1 heterocycles. The van der Waals surface area contributed by atoms with Crippen LogP contribution in [0.1, 0.15) is 31.0 Å². The lowest BCUT2D eigenvalue weighted by Crippen LogP contribution is -2.08. The summed E-state index contributed by atoms with van der Waals surface area (Å²) in [6.45, 7) is 5.63. The van der Waals surface area contributed by atoms with Crippen LogP contribution in [0.5, 0.6) is 0 Å². The zero-order valence-electron chi connectivity index (χ0n) is 11.0. The molecule has 0 aliphatic rings. The van der Waals surface area contributed by atoms with E-state index in [1.807, 2.05) is 13.8 Å². The van der Waals surface area contributed by atoms with Crippen molar-refractivity contribution in [2.45, 2.75) is 26.7 Å². The van der Waals surface area contributed by atoms with Gasteiger partial charge in [-0.15, -0.1) is 5.10 Å². The summed E-state index contributed by atoms with van der Waals surface area (Å²) in [5, 5.41) is 18.8. The molecule has 0 atom stereocenters. The molecule has 2 rings (SSSR count). The maximum absolute atomic E-state index is 11.0. The monoisotopic (exact) mass is 261 g/mol. The Bertz CT molecular complexity index is 633. The number of nitrogens with two attached hydrogens (primary N) is 1. The molecule has 19 heavy (non-hydrogen) atoms. The maximum atomic E-state index is 11.0. The largest absolute Gasteiger partial charge is 0.381 e. The van der Waals surface area contributed by atoms with Crippen molar-refractivity contribution >= 4 is 11.5 Å². The summed E-state index contributed by atoms with van der Waals surface area (Å²) >= 11 is 0. The molecule has 0 aliphatic carbocycles. The summed E-state index contributed by atoms with van der Waals surface area (Å²) in [4.78, 5) is 10.6. The fraction of sp³-hybridized carbons (Fsp3) is 0.333. The summed E-state index contributed by atoms with van der Waals surface area (Å²) in [5.74, 6) is 0.467. The minimum Gasteiger partial charge on any atom is -0.381 e. The molecule has 0 amide bonds. The van der Waals surface area contributed by atoms with Gasteiger partial charge in [-0.25, -0.2) is 4.68 Å². The van der Waals surface area contributed by atoms with Gasteiger partial charge in [0.05, 0.1) is 21.9 Å². The predicted molar refractivity (Wildman–Crippen MR) is 71.3 cm³/mol. The highest BCUT2D eigenvalue weighted by atomic mass is 16.6. The number of hydrogen-bond donors (Lipinski definition) is 1. The van der Waals surface area contributed by atoms with Gasteiger partial charge in [-0.2, -0.15) is 0 Å². The lowest BCUT2D eigenvalue weighted by atomic mass is 10.1. The number of nitro benzene ring substituents is 1. The van der Waals surface area contributed by atoms with E-state index >= 15 is 0 Å². The molecule has 0 saturated heterocycles. The van der Waals surface area contributed by atoms with Crippen molar-refractivity contribution in [2.75, 3.05) is 5.73 Å². The van der Waals surface area contributed by atoms with E-state index in [0.717, 1.165) is 5.69 Å². The number of nitrogens with zero attached hydrogens (tertiary/aromatic N) is 4. The van der Waals surface area contributed by atoms with Gasteiger partial charge >= 0.3 is 0 Å². The Morgan fingerprint density at radius 3 is 2.68 bits per heavy atom. The molecule has 1 aromatic carbocycles. The molecule has 100 valence electrons. The van der Waals surface area contributed by atoms with E-state index in [2.05, 4.69) is 10.3 Å².